The van der Waals surface area contributed by atoms with Crippen molar-refractivity contribution in [3.05, 3.63) is 54.0 Å². The van der Waals surface area contributed by atoms with E-state index in [2.05, 4.69) is 32.5 Å². The van der Waals surface area contributed by atoms with E-state index in [0.29, 0.717) is 25.6 Å². The van der Waals surface area contributed by atoms with Crippen LogP contribution in [-0.4, -0.2) is 29.1 Å². The Balaban J connectivity index is 0.00000312. The van der Waals surface area contributed by atoms with Gasteiger partial charge in [0.25, 0.3) is 0 Å². The van der Waals surface area contributed by atoms with E-state index in [0.717, 1.165) is 30.2 Å². The molecule has 2 aromatic rings. The monoisotopic (exact) mass is 455 g/mol. The molecule has 0 aromatic carbocycles. The Bertz CT molecular complexity index is 619. The zero-order valence-electron chi connectivity index (χ0n) is 14.7. The first-order valence-electron chi connectivity index (χ1n) is 8.31. The van der Waals surface area contributed by atoms with Gasteiger partial charge in [0.2, 0.25) is 5.88 Å². The number of hydrogen-bond donors (Lipinski definition) is 2. The largest absolute Gasteiger partial charge is 0.478 e. The SMILES string of the molecule is CCCOc1ccc(CN=C(NCC)NCc2ccccn2)cn1.I. The second-order valence-corrected chi connectivity index (χ2v) is 5.22. The third-order valence-electron chi connectivity index (χ3n) is 3.18. The molecule has 0 saturated heterocycles. The summed E-state index contributed by atoms with van der Waals surface area (Å²) in [6, 6.07) is 9.74. The van der Waals surface area contributed by atoms with Crippen molar-refractivity contribution >= 4 is 29.9 Å². The number of nitrogens with zero attached hydrogens (tertiary/aromatic N) is 3. The standard InChI is InChI=1S/C18H25N5O.HI/c1-3-11-24-17-9-8-15(12-21-17)13-22-18(19-4-2)23-14-16-7-5-6-10-20-16;/h5-10,12H,3-4,11,13-14H2,1-2H3,(H2,19,22,23);1H. The van der Waals surface area contributed by atoms with Gasteiger partial charge in [-0.15, -0.1) is 24.0 Å². The fourth-order valence-corrected chi connectivity index (χ4v) is 1.99. The molecule has 0 amide bonds. The molecule has 0 spiro atoms. The van der Waals surface area contributed by atoms with Crippen LogP contribution in [0.5, 0.6) is 5.88 Å². The number of hydrogen-bond acceptors (Lipinski definition) is 4. The highest BCUT2D eigenvalue weighted by Gasteiger charge is 2.00. The normalized spacial score (nSPS) is 10.7. The Kier molecular flexibility index (Phi) is 10.5. The number of aromatic nitrogens is 2. The molecule has 0 saturated carbocycles. The van der Waals surface area contributed by atoms with Gasteiger partial charge >= 0.3 is 0 Å². The van der Waals surface area contributed by atoms with Gasteiger partial charge in [0.15, 0.2) is 5.96 Å². The van der Waals surface area contributed by atoms with Crippen molar-refractivity contribution in [2.24, 2.45) is 4.99 Å². The van der Waals surface area contributed by atoms with Gasteiger partial charge in [0.05, 0.1) is 25.4 Å². The quantitative estimate of drug-likeness (QED) is 0.364. The van der Waals surface area contributed by atoms with Gasteiger partial charge in [0.1, 0.15) is 0 Å². The van der Waals surface area contributed by atoms with Gasteiger partial charge in [-0.2, -0.15) is 0 Å². The lowest BCUT2D eigenvalue weighted by Gasteiger charge is -2.11. The highest BCUT2D eigenvalue weighted by Crippen LogP contribution is 2.08. The summed E-state index contributed by atoms with van der Waals surface area (Å²) in [5.74, 6) is 1.42. The second kappa shape index (κ2) is 12.5. The van der Waals surface area contributed by atoms with Crippen molar-refractivity contribution in [1.29, 1.82) is 0 Å². The lowest BCUT2D eigenvalue weighted by molar-refractivity contribution is 0.305. The van der Waals surface area contributed by atoms with Crippen LogP contribution in [0.15, 0.2) is 47.7 Å². The summed E-state index contributed by atoms with van der Waals surface area (Å²) in [7, 11) is 0. The van der Waals surface area contributed by atoms with E-state index >= 15 is 0 Å². The van der Waals surface area contributed by atoms with Crippen molar-refractivity contribution in [1.82, 2.24) is 20.6 Å². The van der Waals surface area contributed by atoms with E-state index in [1.54, 1.807) is 12.4 Å². The predicted molar refractivity (Wildman–Crippen MR) is 111 cm³/mol. The third-order valence-corrected chi connectivity index (χ3v) is 3.18. The maximum absolute atomic E-state index is 5.48. The van der Waals surface area contributed by atoms with Gasteiger partial charge in [-0.05, 0) is 31.0 Å². The minimum atomic E-state index is 0. The van der Waals surface area contributed by atoms with E-state index < -0.39 is 0 Å². The lowest BCUT2D eigenvalue weighted by atomic mass is 10.3. The summed E-state index contributed by atoms with van der Waals surface area (Å²) >= 11 is 0. The Morgan fingerprint density at radius 2 is 2.00 bits per heavy atom. The number of pyridine rings is 2. The average Bonchev–Trinajstić information content (AvgIpc) is 2.64. The van der Waals surface area contributed by atoms with Crippen LogP contribution in [0.25, 0.3) is 0 Å². The van der Waals surface area contributed by atoms with Crippen molar-refractivity contribution in [2.45, 2.75) is 33.4 Å². The number of guanidine groups is 1. The second-order valence-electron chi connectivity index (χ2n) is 5.22. The Morgan fingerprint density at radius 1 is 1.12 bits per heavy atom. The number of rotatable bonds is 8. The molecule has 0 bridgehead atoms. The van der Waals surface area contributed by atoms with Crippen molar-refractivity contribution in [3.63, 3.8) is 0 Å². The molecule has 0 fully saturated rings. The molecule has 0 unspecified atom stereocenters. The van der Waals surface area contributed by atoms with Gasteiger partial charge in [-0.1, -0.05) is 19.1 Å². The van der Waals surface area contributed by atoms with E-state index in [-0.39, 0.29) is 24.0 Å². The maximum Gasteiger partial charge on any atom is 0.213 e. The van der Waals surface area contributed by atoms with Crippen LogP contribution < -0.4 is 15.4 Å². The molecule has 25 heavy (non-hydrogen) atoms. The molecule has 2 N–H and O–H groups in total. The lowest BCUT2D eigenvalue weighted by Crippen LogP contribution is -2.37. The first-order valence-corrected chi connectivity index (χ1v) is 8.31. The first kappa shape index (κ1) is 21.1. The van der Waals surface area contributed by atoms with Crippen LogP contribution in [0.1, 0.15) is 31.5 Å². The number of ether oxygens (including phenoxy) is 1. The molecule has 0 radical (unpaired) electrons. The van der Waals surface area contributed by atoms with E-state index in [4.69, 9.17) is 4.74 Å². The summed E-state index contributed by atoms with van der Waals surface area (Å²) in [4.78, 5) is 13.2. The molecular weight excluding hydrogens is 429 g/mol. The number of aliphatic imine (C=N–C) groups is 1. The zero-order chi connectivity index (χ0) is 17.0. The number of halogens is 1. The van der Waals surface area contributed by atoms with Crippen LogP contribution in [-0.2, 0) is 13.1 Å². The van der Waals surface area contributed by atoms with E-state index in [1.165, 1.54) is 0 Å². The Labute approximate surface area is 166 Å². The fourth-order valence-electron chi connectivity index (χ4n) is 1.99. The molecule has 2 aromatic heterocycles. The summed E-state index contributed by atoms with van der Waals surface area (Å²) in [5.41, 5.74) is 2.01. The number of nitrogens with one attached hydrogen (secondary N) is 2. The maximum atomic E-state index is 5.48. The first-order chi connectivity index (χ1) is 11.8. The molecular formula is C18H26IN5O. The average molecular weight is 455 g/mol. The topological polar surface area (TPSA) is 71.4 Å². The summed E-state index contributed by atoms with van der Waals surface area (Å²) in [5, 5.41) is 6.51. The van der Waals surface area contributed by atoms with Gasteiger partial charge < -0.3 is 15.4 Å². The van der Waals surface area contributed by atoms with Crippen LogP contribution >= 0.6 is 24.0 Å². The summed E-state index contributed by atoms with van der Waals surface area (Å²) in [6.07, 6.45) is 4.56. The van der Waals surface area contributed by atoms with Gasteiger partial charge in [-0.25, -0.2) is 9.98 Å². The van der Waals surface area contributed by atoms with Gasteiger partial charge in [0, 0.05) is 25.0 Å². The van der Waals surface area contributed by atoms with E-state index in [9.17, 15) is 0 Å². The minimum absolute atomic E-state index is 0. The molecule has 2 heterocycles. The molecule has 0 aliphatic carbocycles. The summed E-state index contributed by atoms with van der Waals surface area (Å²) in [6.45, 7) is 6.79. The minimum Gasteiger partial charge on any atom is -0.478 e. The van der Waals surface area contributed by atoms with Crippen LogP contribution in [0.4, 0.5) is 0 Å². The third kappa shape index (κ3) is 8.15. The zero-order valence-corrected chi connectivity index (χ0v) is 17.1. The molecule has 7 heteroatoms. The molecule has 136 valence electrons. The van der Waals surface area contributed by atoms with Crippen LogP contribution in [0.3, 0.4) is 0 Å². The van der Waals surface area contributed by atoms with Crippen molar-refractivity contribution in [2.75, 3.05) is 13.2 Å². The van der Waals surface area contributed by atoms with Crippen molar-refractivity contribution in [3.8, 4) is 5.88 Å². The Hall–Kier alpha value is -1.90. The predicted octanol–water partition coefficient (Wildman–Crippen LogP) is 3.14. The molecule has 2 rings (SSSR count). The van der Waals surface area contributed by atoms with E-state index in [1.807, 2.05) is 37.3 Å². The molecule has 6 nitrogen and oxygen atoms in total. The van der Waals surface area contributed by atoms with Crippen LogP contribution in [0, 0.1) is 0 Å². The van der Waals surface area contributed by atoms with Crippen LogP contribution in [0.2, 0.25) is 0 Å². The fraction of sp³-hybridized carbons (Fsp3) is 0.389. The smallest absolute Gasteiger partial charge is 0.213 e. The Morgan fingerprint density at radius 3 is 2.64 bits per heavy atom. The molecule has 0 atom stereocenters. The molecule has 0 aliphatic rings. The van der Waals surface area contributed by atoms with Crippen molar-refractivity contribution < 1.29 is 4.74 Å². The van der Waals surface area contributed by atoms with Gasteiger partial charge in [-0.3, -0.25) is 4.98 Å². The highest BCUT2D eigenvalue weighted by molar-refractivity contribution is 14.0. The molecule has 0 aliphatic heterocycles. The highest BCUT2D eigenvalue weighted by atomic mass is 127. The summed E-state index contributed by atoms with van der Waals surface area (Å²) < 4.78 is 5.48.